The lowest BCUT2D eigenvalue weighted by atomic mass is 9.68. The molecule has 1 aromatic rings. The number of hydrogen-bond acceptors (Lipinski definition) is 3. The first-order chi connectivity index (χ1) is 9.94. The molecule has 0 spiro atoms. The first-order valence-electron chi connectivity index (χ1n) is 7.95. The number of hydrogen-bond donors (Lipinski definition) is 1. The molecule has 0 amide bonds. The summed E-state index contributed by atoms with van der Waals surface area (Å²) in [5.74, 6) is 0. The van der Waals surface area contributed by atoms with Gasteiger partial charge >= 0.3 is 0 Å². The number of nitrogens with one attached hydrogen (secondary N) is 1. The van der Waals surface area contributed by atoms with E-state index < -0.39 is 0 Å². The second-order valence-electron chi connectivity index (χ2n) is 6.95. The van der Waals surface area contributed by atoms with Crippen LogP contribution in [0.3, 0.4) is 0 Å². The number of thiophene rings is 1. The van der Waals surface area contributed by atoms with E-state index >= 15 is 0 Å². The molecule has 0 radical (unpaired) electrons. The Morgan fingerprint density at radius 3 is 2.48 bits per heavy atom. The molecule has 0 saturated heterocycles. The Kier molecular flexibility index (Phi) is 5.91. The van der Waals surface area contributed by atoms with Gasteiger partial charge in [-0.15, -0.1) is 11.3 Å². The smallest absolute Gasteiger partial charge is 0.0881 e. The van der Waals surface area contributed by atoms with Crippen LogP contribution in [0.15, 0.2) is 15.9 Å². The maximum absolute atomic E-state index is 6.13. The van der Waals surface area contributed by atoms with Crippen molar-refractivity contribution in [1.29, 1.82) is 0 Å². The van der Waals surface area contributed by atoms with Gasteiger partial charge in [-0.05, 0) is 71.4 Å². The highest BCUT2D eigenvalue weighted by Gasteiger charge is 2.45. The second kappa shape index (κ2) is 7.12. The van der Waals surface area contributed by atoms with Crippen LogP contribution < -0.4 is 5.32 Å². The Balaban J connectivity index is 2.27. The Bertz CT molecular complexity index is 447. The third kappa shape index (κ3) is 3.90. The summed E-state index contributed by atoms with van der Waals surface area (Å²) >= 11 is 5.54. The average Bonchev–Trinajstić information content (AvgIpc) is 2.87. The lowest BCUT2D eigenvalue weighted by Crippen LogP contribution is -2.49. The van der Waals surface area contributed by atoms with E-state index in [2.05, 4.69) is 53.5 Å². The molecule has 0 bridgehead atoms. The monoisotopic (exact) mass is 373 g/mol. The van der Waals surface area contributed by atoms with Crippen molar-refractivity contribution < 1.29 is 4.74 Å². The van der Waals surface area contributed by atoms with Gasteiger partial charge in [-0.2, -0.15) is 0 Å². The predicted molar refractivity (Wildman–Crippen MR) is 95.0 cm³/mol. The number of methoxy groups -OCH3 is 1. The predicted octanol–water partition coefficient (Wildman–Crippen LogP) is 5.54. The van der Waals surface area contributed by atoms with Crippen molar-refractivity contribution in [2.75, 3.05) is 13.7 Å². The highest BCUT2D eigenvalue weighted by Crippen LogP contribution is 2.49. The van der Waals surface area contributed by atoms with E-state index in [0.29, 0.717) is 5.41 Å². The molecular formula is C17H28BrNOS. The first-order valence-corrected chi connectivity index (χ1v) is 9.63. The zero-order chi connectivity index (χ0) is 15.5. The molecule has 1 aliphatic carbocycles. The minimum atomic E-state index is -0.0714. The number of halogens is 1. The van der Waals surface area contributed by atoms with Crippen LogP contribution in [0.1, 0.15) is 63.8 Å². The van der Waals surface area contributed by atoms with Gasteiger partial charge in [0.1, 0.15) is 0 Å². The lowest BCUT2D eigenvalue weighted by molar-refractivity contribution is -0.0869. The van der Waals surface area contributed by atoms with Crippen LogP contribution >= 0.6 is 27.3 Å². The highest BCUT2D eigenvalue weighted by atomic mass is 79.9. The van der Waals surface area contributed by atoms with Gasteiger partial charge in [0.05, 0.1) is 11.6 Å². The van der Waals surface area contributed by atoms with Crippen molar-refractivity contribution >= 4 is 27.3 Å². The van der Waals surface area contributed by atoms with Crippen LogP contribution in [0.2, 0.25) is 0 Å². The minimum Gasteiger partial charge on any atom is -0.376 e. The molecule has 21 heavy (non-hydrogen) atoms. The molecular weight excluding hydrogens is 346 g/mol. The van der Waals surface area contributed by atoms with Crippen LogP contribution in [0.4, 0.5) is 0 Å². The Hall–Kier alpha value is 0.1000. The third-order valence-electron chi connectivity index (χ3n) is 4.89. The molecule has 1 saturated carbocycles. The SMILES string of the molecule is CCCNC(c1sccc1Br)C1(OC)CCC(C)(C)CC1. The van der Waals surface area contributed by atoms with Gasteiger partial charge in [0.2, 0.25) is 0 Å². The van der Waals surface area contributed by atoms with E-state index in [1.165, 1.54) is 22.2 Å². The van der Waals surface area contributed by atoms with Gasteiger partial charge in [-0.1, -0.05) is 20.8 Å². The van der Waals surface area contributed by atoms with Crippen molar-refractivity contribution in [2.24, 2.45) is 5.41 Å². The zero-order valence-corrected chi connectivity index (χ0v) is 16.1. The summed E-state index contributed by atoms with van der Waals surface area (Å²) in [6, 6.07) is 2.43. The van der Waals surface area contributed by atoms with Crippen molar-refractivity contribution in [3.8, 4) is 0 Å². The van der Waals surface area contributed by atoms with Gasteiger partial charge < -0.3 is 10.1 Å². The Labute approximate surface area is 141 Å². The van der Waals surface area contributed by atoms with E-state index in [9.17, 15) is 0 Å². The number of ether oxygens (including phenoxy) is 1. The van der Waals surface area contributed by atoms with Gasteiger partial charge in [0.15, 0.2) is 0 Å². The normalized spacial score (nSPS) is 22.1. The van der Waals surface area contributed by atoms with E-state index in [0.717, 1.165) is 25.8 Å². The van der Waals surface area contributed by atoms with Crippen molar-refractivity contribution in [2.45, 2.75) is 64.5 Å². The van der Waals surface area contributed by atoms with Crippen LogP contribution in [-0.2, 0) is 4.74 Å². The molecule has 1 unspecified atom stereocenters. The molecule has 2 rings (SSSR count). The van der Waals surface area contributed by atoms with Crippen LogP contribution in [0, 0.1) is 5.41 Å². The number of rotatable bonds is 6. The van der Waals surface area contributed by atoms with E-state index in [4.69, 9.17) is 4.74 Å². The molecule has 120 valence electrons. The fraction of sp³-hybridized carbons (Fsp3) is 0.765. The fourth-order valence-corrected chi connectivity index (χ4v) is 5.06. The molecule has 1 N–H and O–H groups in total. The summed E-state index contributed by atoms with van der Waals surface area (Å²) in [5.41, 5.74) is 0.377. The van der Waals surface area contributed by atoms with E-state index in [-0.39, 0.29) is 11.6 Å². The van der Waals surface area contributed by atoms with E-state index in [1.54, 1.807) is 0 Å². The molecule has 1 aliphatic rings. The maximum atomic E-state index is 6.13. The van der Waals surface area contributed by atoms with Gasteiger partial charge in [-0.3, -0.25) is 0 Å². The van der Waals surface area contributed by atoms with Crippen LogP contribution in [0.25, 0.3) is 0 Å². The summed E-state index contributed by atoms with van der Waals surface area (Å²) in [5, 5.41) is 5.92. The third-order valence-corrected chi connectivity index (χ3v) is 6.82. The van der Waals surface area contributed by atoms with E-state index in [1.807, 2.05) is 18.4 Å². The van der Waals surface area contributed by atoms with Crippen LogP contribution in [-0.4, -0.2) is 19.3 Å². The van der Waals surface area contributed by atoms with Gasteiger partial charge in [0, 0.05) is 16.5 Å². The Morgan fingerprint density at radius 2 is 2.00 bits per heavy atom. The Morgan fingerprint density at radius 1 is 1.33 bits per heavy atom. The topological polar surface area (TPSA) is 21.3 Å². The first kappa shape index (κ1) is 17.5. The minimum absolute atomic E-state index is 0.0714. The van der Waals surface area contributed by atoms with Crippen molar-refractivity contribution in [3.63, 3.8) is 0 Å². The van der Waals surface area contributed by atoms with Crippen molar-refractivity contribution in [3.05, 3.63) is 20.8 Å². The molecule has 1 aromatic heterocycles. The quantitative estimate of drug-likeness (QED) is 0.706. The van der Waals surface area contributed by atoms with Crippen LogP contribution in [0.5, 0.6) is 0 Å². The highest BCUT2D eigenvalue weighted by molar-refractivity contribution is 9.10. The molecule has 2 nitrogen and oxygen atoms in total. The molecule has 1 heterocycles. The average molecular weight is 374 g/mol. The largest absolute Gasteiger partial charge is 0.376 e. The molecule has 1 fully saturated rings. The summed E-state index contributed by atoms with van der Waals surface area (Å²) in [6.45, 7) is 8.00. The second-order valence-corrected chi connectivity index (χ2v) is 8.76. The standard InChI is InChI=1S/C17H28BrNOS/c1-5-11-19-15(14-13(18)6-12-21-14)17(20-4)9-7-16(2,3)8-10-17/h6,12,15,19H,5,7-11H2,1-4H3. The van der Waals surface area contributed by atoms with Gasteiger partial charge in [0.25, 0.3) is 0 Å². The summed E-state index contributed by atoms with van der Waals surface area (Å²) in [4.78, 5) is 1.38. The maximum Gasteiger partial charge on any atom is 0.0881 e. The summed E-state index contributed by atoms with van der Waals surface area (Å²) in [7, 11) is 1.89. The summed E-state index contributed by atoms with van der Waals surface area (Å²) in [6.07, 6.45) is 5.86. The molecule has 0 aromatic carbocycles. The lowest BCUT2D eigenvalue weighted by Gasteiger charge is -2.47. The fourth-order valence-electron chi connectivity index (χ4n) is 3.28. The van der Waals surface area contributed by atoms with Gasteiger partial charge in [-0.25, -0.2) is 0 Å². The van der Waals surface area contributed by atoms with Crippen molar-refractivity contribution in [1.82, 2.24) is 5.32 Å². The molecule has 1 atom stereocenters. The summed E-state index contributed by atoms with van der Waals surface area (Å²) < 4.78 is 7.34. The molecule has 0 aliphatic heterocycles. The zero-order valence-electron chi connectivity index (χ0n) is 13.7. The molecule has 4 heteroatoms.